The zero-order chi connectivity index (χ0) is 14.4. The van der Waals surface area contributed by atoms with Gasteiger partial charge in [-0.2, -0.15) is 0 Å². The number of aromatic nitrogens is 1. The molecule has 0 aromatic carbocycles. The third kappa shape index (κ3) is 3.72. The van der Waals surface area contributed by atoms with Crippen LogP contribution in [0, 0.1) is 6.92 Å². The van der Waals surface area contributed by atoms with Crippen LogP contribution in [-0.2, 0) is 6.42 Å². The topological polar surface area (TPSA) is 34.1 Å². The van der Waals surface area contributed by atoms with E-state index in [2.05, 4.69) is 36.3 Å². The lowest BCUT2D eigenvalue weighted by Crippen LogP contribution is -2.45. The maximum atomic E-state index is 6.39. The zero-order valence-electron chi connectivity index (χ0n) is 13.2. The van der Waals surface area contributed by atoms with Crippen LogP contribution in [0.3, 0.4) is 0 Å². The van der Waals surface area contributed by atoms with Gasteiger partial charge in [-0.15, -0.1) is 0 Å². The van der Waals surface area contributed by atoms with Crippen molar-refractivity contribution in [2.24, 2.45) is 0 Å². The van der Waals surface area contributed by atoms with E-state index in [4.69, 9.17) is 4.74 Å². The van der Waals surface area contributed by atoms with Crippen molar-refractivity contribution in [2.45, 2.75) is 64.9 Å². The van der Waals surface area contributed by atoms with E-state index in [1.165, 1.54) is 25.7 Å². The Bertz CT molecular complexity index is 427. The molecule has 20 heavy (non-hydrogen) atoms. The highest BCUT2D eigenvalue weighted by molar-refractivity contribution is 5.30. The Morgan fingerprint density at radius 1 is 1.25 bits per heavy atom. The smallest absolute Gasteiger partial charge is 0.141 e. The molecule has 1 aromatic rings. The fourth-order valence-corrected chi connectivity index (χ4v) is 2.77. The van der Waals surface area contributed by atoms with Gasteiger partial charge in [-0.25, -0.2) is 0 Å². The van der Waals surface area contributed by atoms with Gasteiger partial charge in [0.25, 0.3) is 0 Å². The molecule has 0 spiro atoms. The van der Waals surface area contributed by atoms with E-state index < -0.39 is 0 Å². The summed E-state index contributed by atoms with van der Waals surface area (Å²) in [5, 5.41) is 3.49. The van der Waals surface area contributed by atoms with Crippen molar-refractivity contribution in [3.8, 4) is 5.75 Å². The minimum atomic E-state index is 0.0571. The van der Waals surface area contributed by atoms with Crippen LogP contribution in [-0.4, -0.2) is 23.7 Å². The Labute approximate surface area is 123 Å². The third-order valence-electron chi connectivity index (χ3n) is 4.18. The van der Waals surface area contributed by atoms with E-state index in [9.17, 15) is 0 Å². The first kappa shape index (κ1) is 15.3. The van der Waals surface area contributed by atoms with Gasteiger partial charge >= 0.3 is 0 Å². The van der Waals surface area contributed by atoms with Crippen LogP contribution < -0.4 is 10.1 Å². The van der Waals surface area contributed by atoms with E-state index in [1.807, 2.05) is 6.92 Å². The minimum Gasteiger partial charge on any atom is -0.485 e. The Kier molecular flexibility index (Phi) is 5.41. The molecule has 1 aliphatic carbocycles. The van der Waals surface area contributed by atoms with Gasteiger partial charge in [0.05, 0.1) is 5.69 Å². The lowest BCUT2D eigenvalue weighted by atomic mass is 9.77. The molecule has 2 rings (SSSR count). The van der Waals surface area contributed by atoms with Crippen LogP contribution >= 0.6 is 0 Å². The molecule has 0 aliphatic heterocycles. The monoisotopic (exact) mass is 276 g/mol. The normalized spacial score (nSPS) is 16.8. The molecule has 3 nitrogen and oxygen atoms in total. The molecule has 112 valence electrons. The van der Waals surface area contributed by atoms with Crippen molar-refractivity contribution in [1.29, 1.82) is 0 Å². The largest absolute Gasteiger partial charge is 0.485 e. The van der Waals surface area contributed by atoms with Gasteiger partial charge in [-0.05, 0) is 70.7 Å². The van der Waals surface area contributed by atoms with E-state index in [-0.39, 0.29) is 5.60 Å². The van der Waals surface area contributed by atoms with Crippen molar-refractivity contribution in [3.05, 3.63) is 23.5 Å². The molecule has 0 atom stereocenters. The summed E-state index contributed by atoms with van der Waals surface area (Å²) in [6.07, 6.45) is 6.87. The molecule has 1 aliphatic rings. The Morgan fingerprint density at radius 2 is 2.05 bits per heavy atom. The van der Waals surface area contributed by atoms with Crippen molar-refractivity contribution < 1.29 is 4.74 Å². The standard InChI is InChI=1S/C17H28N2O/c1-4-12-18-13-11-17(9-6-10-17)20-16-8-7-14(3)19-15(16)5-2/h7-8,18H,4-6,9-13H2,1-3H3. The van der Waals surface area contributed by atoms with Gasteiger partial charge < -0.3 is 10.1 Å². The third-order valence-corrected chi connectivity index (χ3v) is 4.18. The lowest BCUT2D eigenvalue weighted by molar-refractivity contribution is -0.0152. The van der Waals surface area contributed by atoms with Gasteiger partial charge in [0.1, 0.15) is 11.4 Å². The molecule has 0 bridgehead atoms. The maximum absolute atomic E-state index is 6.39. The number of nitrogens with one attached hydrogen (secondary N) is 1. The first-order valence-corrected chi connectivity index (χ1v) is 8.05. The number of hydrogen-bond donors (Lipinski definition) is 1. The summed E-state index contributed by atoms with van der Waals surface area (Å²) in [6, 6.07) is 4.15. The Balaban J connectivity index is 1.98. The molecule has 0 unspecified atom stereocenters. The molecule has 1 fully saturated rings. The second-order valence-electron chi connectivity index (χ2n) is 5.89. The summed E-state index contributed by atoms with van der Waals surface area (Å²) in [6.45, 7) is 8.53. The lowest BCUT2D eigenvalue weighted by Gasteiger charge is -2.42. The van der Waals surface area contributed by atoms with Crippen LogP contribution in [0.5, 0.6) is 5.75 Å². The fraction of sp³-hybridized carbons (Fsp3) is 0.706. The van der Waals surface area contributed by atoms with Gasteiger partial charge in [0, 0.05) is 5.69 Å². The minimum absolute atomic E-state index is 0.0571. The van der Waals surface area contributed by atoms with Crippen LogP contribution in [0.4, 0.5) is 0 Å². The first-order valence-electron chi connectivity index (χ1n) is 8.05. The molecule has 1 aromatic heterocycles. The van der Waals surface area contributed by atoms with Gasteiger partial charge in [-0.3, -0.25) is 4.98 Å². The summed E-state index contributed by atoms with van der Waals surface area (Å²) in [5.41, 5.74) is 2.22. The van der Waals surface area contributed by atoms with Crippen molar-refractivity contribution in [2.75, 3.05) is 13.1 Å². The van der Waals surface area contributed by atoms with Crippen molar-refractivity contribution in [3.63, 3.8) is 0 Å². The highest BCUT2D eigenvalue weighted by Crippen LogP contribution is 2.40. The van der Waals surface area contributed by atoms with E-state index >= 15 is 0 Å². The summed E-state index contributed by atoms with van der Waals surface area (Å²) in [7, 11) is 0. The molecule has 0 radical (unpaired) electrons. The Morgan fingerprint density at radius 3 is 2.65 bits per heavy atom. The van der Waals surface area contributed by atoms with E-state index in [1.54, 1.807) is 0 Å². The molecule has 3 heteroatoms. The van der Waals surface area contributed by atoms with E-state index in [0.717, 1.165) is 43.1 Å². The van der Waals surface area contributed by atoms with Gasteiger partial charge in [-0.1, -0.05) is 13.8 Å². The van der Waals surface area contributed by atoms with Crippen LogP contribution in [0.25, 0.3) is 0 Å². The van der Waals surface area contributed by atoms with Crippen LogP contribution in [0.15, 0.2) is 12.1 Å². The highest BCUT2D eigenvalue weighted by atomic mass is 16.5. The predicted molar refractivity (Wildman–Crippen MR) is 83.3 cm³/mol. The van der Waals surface area contributed by atoms with Crippen LogP contribution in [0.2, 0.25) is 0 Å². The number of nitrogens with zero attached hydrogens (tertiary/aromatic N) is 1. The highest BCUT2D eigenvalue weighted by Gasteiger charge is 2.39. The van der Waals surface area contributed by atoms with Gasteiger partial charge in [0.15, 0.2) is 0 Å². The average Bonchev–Trinajstić information content (AvgIpc) is 2.42. The average molecular weight is 276 g/mol. The quantitative estimate of drug-likeness (QED) is 0.736. The zero-order valence-corrected chi connectivity index (χ0v) is 13.2. The van der Waals surface area contributed by atoms with Crippen molar-refractivity contribution >= 4 is 0 Å². The first-order chi connectivity index (χ1) is 9.69. The Hall–Kier alpha value is -1.09. The summed E-state index contributed by atoms with van der Waals surface area (Å²) >= 11 is 0. The van der Waals surface area contributed by atoms with E-state index in [0.29, 0.717) is 0 Å². The summed E-state index contributed by atoms with van der Waals surface area (Å²) in [4.78, 5) is 4.60. The summed E-state index contributed by atoms with van der Waals surface area (Å²) in [5.74, 6) is 0.994. The molecular formula is C17H28N2O. The molecule has 0 saturated heterocycles. The number of aryl methyl sites for hydroxylation is 2. The summed E-state index contributed by atoms with van der Waals surface area (Å²) < 4.78 is 6.39. The molecule has 0 amide bonds. The number of rotatable bonds is 8. The SMILES string of the molecule is CCCNCCC1(Oc2ccc(C)nc2CC)CCC1. The molecule has 1 heterocycles. The molecule has 1 saturated carbocycles. The second kappa shape index (κ2) is 7.07. The number of pyridine rings is 1. The fourth-order valence-electron chi connectivity index (χ4n) is 2.77. The second-order valence-corrected chi connectivity index (χ2v) is 5.89. The number of hydrogen-bond acceptors (Lipinski definition) is 3. The maximum Gasteiger partial charge on any atom is 0.141 e. The van der Waals surface area contributed by atoms with Crippen molar-refractivity contribution in [1.82, 2.24) is 10.3 Å². The van der Waals surface area contributed by atoms with Crippen LogP contribution in [0.1, 0.15) is 57.3 Å². The molecule has 1 N–H and O–H groups in total. The van der Waals surface area contributed by atoms with Gasteiger partial charge in [0.2, 0.25) is 0 Å². The number of ether oxygens (including phenoxy) is 1. The molecular weight excluding hydrogens is 248 g/mol. The predicted octanol–water partition coefficient (Wildman–Crippen LogP) is 3.64.